The molecule has 1 fully saturated rings. The van der Waals surface area contributed by atoms with Crippen molar-refractivity contribution in [3.63, 3.8) is 0 Å². The SMILES string of the molecule is C.O=C(O)[C@]1(O)C=C[C@@H](OCc2ccc([N+](=O)[O-])cc2)[C@H](O)C1.O=C1O[C@@H]2C[C@@]1(O)C=C[C@H]2OCc1ccc([N+](=O)[O-])cc1.[I][V]([I])[I]. The number of carboxylic acids is 1. The molecule has 2 aliphatic carbocycles. The number of esters is 1. The Balaban J connectivity index is 0.000000295. The number of hydrogen-bond acceptors (Lipinski definition) is 12. The van der Waals surface area contributed by atoms with Crippen molar-refractivity contribution in [1.29, 1.82) is 0 Å². The van der Waals surface area contributed by atoms with E-state index < -0.39 is 57.4 Å². The zero-order valence-corrected chi connectivity index (χ0v) is 31.9. The number of non-ortho nitro benzene ring substituents is 2. The molecular weight excluding hydrogens is 1020 g/mol. The van der Waals surface area contributed by atoms with Crippen molar-refractivity contribution < 1.29 is 59.0 Å². The molecule has 3 aliphatic rings. The molecule has 0 amide bonds. The fraction of sp³-hybridized carbons (Fsp3) is 0.379. The van der Waals surface area contributed by atoms with E-state index in [1.54, 1.807) is 18.2 Å². The summed E-state index contributed by atoms with van der Waals surface area (Å²) in [4.78, 5) is 42.2. The number of fused-ring (bicyclic) bond motifs is 2. The predicted octanol–water partition coefficient (Wildman–Crippen LogP) is 5.00. The monoisotopic (exact) mass is 1050 g/mol. The van der Waals surface area contributed by atoms with Gasteiger partial charge in [-0.15, -0.1) is 0 Å². The van der Waals surface area contributed by atoms with Crippen molar-refractivity contribution in [1.82, 2.24) is 0 Å². The Morgan fingerprint density at radius 1 is 0.875 bits per heavy atom. The van der Waals surface area contributed by atoms with Gasteiger partial charge in [-0.05, 0) is 47.5 Å². The van der Waals surface area contributed by atoms with Crippen molar-refractivity contribution in [3.05, 3.63) is 104 Å². The summed E-state index contributed by atoms with van der Waals surface area (Å²) in [5.74, 6) is -2.08. The minimum absolute atomic E-state index is 0. The molecule has 48 heavy (non-hydrogen) atoms. The van der Waals surface area contributed by atoms with Gasteiger partial charge in [0.2, 0.25) is 0 Å². The molecule has 1 saturated heterocycles. The number of carbonyl (C=O) groups excluding carboxylic acids is 1. The summed E-state index contributed by atoms with van der Waals surface area (Å²) in [5, 5.41) is 59.5. The molecule has 0 aromatic heterocycles. The van der Waals surface area contributed by atoms with Crippen LogP contribution < -0.4 is 0 Å². The van der Waals surface area contributed by atoms with Crippen LogP contribution in [0.2, 0.25) is 0 Å². The summed E-state index contributed by atoms with van der Waals surface area (Å²) in [6, 6.07) is 11.8. The van der Waals surface area contributed by atoms with E-state index in [0.29, 0.717) is 5.56 Å². The molecule has 2 aromatic carbocycles. The topological polar surface area (TPSA) is 229 Å². The van der Waals surface area contributed by atoms with Gasteiger partial charge in [0.1, 0.15) is 18.3 Å². The Hall–Kier alpha value is -1.77. The first-order valence-corrected chi connectivity index (χ1v) is 27.0. The van der Waals surface area contributed by atoms with Gasteiger partial charge in [-0.25, -0.2) is 9.59 Å². The van der Waals surface area contributed by atoms with Crippen molar-refractivity contribution in [2.24, 2.45) is 0 Å². The van der Waals surface area contributed by atoms with E-state index in [9.17, 15) is 45.1 Å². The first-order valence-electron chi connectivity index (χ1n) is 13.5. The average molecular weight is 1050 g/mol. The second-order valence-electron chi connectivity index (χ2n) is 10.4. The first kappa shape index (κ1) is 42.4. The third-order valence-electron chi connectivity index (χ3n) is 7.06. The van der Waals surface area contributed by atoms with Crippen molar-refractivity contribution in [2.45, 2.75) is 69.1 Å². The number of aliphatic carboxylic acids is 1. The van der Waals surface area contributed by atoms with Crippen LogP contribution in [0.1, 0.15) is 31.4 Å². The molecule has 0 saturated carbocycles. The predicted molar refractivity (Wildman–Crippen MR) is 193 cm³/mol. The molecule has 4 N–H and O–H groups in total. The van der Waals surface area contributed by atoms with Gasteiger partial charge in [0.15, 0.2) is 11.2 Å². The van der Waals surface area contributed by atoms with Crippen molar-refractivity contribution in [3.8, 4) is 0 Å². The molecular formula is C29H32I3N2O13V. The van der Waals surface area contributed by atoms with Gasteiger partial charge in [-0.3, -0.25) is 20.2 Å². The zero-order chi connectivity index (χ0) is 34.9. The van der Waals surface area contributed by atoms with Crippen LogP contribution in [0.15, 0.2) is 72.8 Å². The number of ether oxygens (including phenoxy) is 3. The second kappa shape index (κ2) is 19.0. The molecule has 1 aliphatic heterocycles. The Labute approximate surface area is 312 Å². The van der Waals surface area contributed by atoms with Crippen LogP contribution in [0, 0.1) is 20.2 Å². The average Bonchev–Trinajstić information content (AvgIpc) is 3.24. The number of hydrogen-bond donors (Lipinski definition) is 4. The van der Waals surface area contributed by atoms with Gasteiger partial charge in [0, 0.05) is 37.1 Å². The molecule has 15 nitrogen and oxygen atoms in total. The van der Waals surface area contributed by atoms with Gasteiger partial charge in [0.25, 0.3) is 11.4 Å². The van der Waals surface area contributed by atoms with Gasteiger partial charge >= 0.3 is 76.8 Å². The Bertz CT molecular complexity index is 1490. The fourth-order valence-corrected chi connectivity index (χ4v) is 4.55. The molecule has 262 valence electrons. The fourth-order valence-electron chi connectivity index (χ4n) is 4.55. The summed E-state index contributed by atoms with van der Waals surface area (Å²) >= 11 is 7.39. The number of benzene rings is 2. The molecule has 19 heteroatoms. The first-order chi connectivity index (χ1) is 22.0. The molecule has 0 unspecified atom stereocenters. The summed E-state index contributed by atoms with van der Waals surface area (Å²) in [6.07, 6.45) is 2.38. The maximum absolute atomic E-state index is 11.5. The Kier molecular flexibility index (Phi) is 16.8. The van der Waals surface area contributed by atoms with E-state index in [2.05, 4.69) is 59.9 Å². The number of carboxylic acid groups (broad SMARTS) is 1. The number of carbonyl (C=O) groups is 2. The number of nitro groups is 2. The second-order valence-corrected chi connectivity index (χ2v) is 45.8. The number of aliphatic hydroxyl groups excluding tert-OH is 1. The molecule has 2 bridgehead atoms. The van der Waals surface area contributed by atoms with Crippen molar-refractivity contribution >= 4 is 83.2 Å². The van der Waals surface area contributed by atoms with Gasteiger partial charge in [0.05, 0.1) is 29.2 Å². The van der Waals surface area contributed by atoms with Crippen LogP contribution >= 0.6 is 59.9 Å². The number of rotatable bonds is 9. The molecule has 0 radical (unpaired) electrons. The number of nitrogens with zero attached hydrogens (tertiary/aromatic N) is 2. The number of aliphatic hydroxyl groups is 3. The third kappa shape index (κ3) is 12.2. The van der Waals surface area contributed by atoms with E-state index in [1.165, 1.54) is 48.6 Å². The normalized spacial score (nSPS) is 26.6. The van der Waals surface area contributed by atoms with E-state index in [-0.39, 0.29) is 49.8 Å². The van der Waals surface area contributed by atoms with Gasteiger partial charge < -0.3 is 34.6 Å². The van der Waals surface area contributed by atoms with E-state index in [0.717, 1.165) is 11.6 Å². The summed E-state index contributed by atoms with van der Waals surface area (Å²) in [5.41, 5.74) is -2.17. The third-order valence-corrected chi connectivity index (χ3v) is 7.06. The summed E-state index contributed by atoms with van der Waals surface area (Å²) in [7, 11) is 0. The van der Waals surface area contributed by atoms with Crippen LogP contribution in [0.3, 0.4) is 0 Å². The zero-order valence-electron chi connectivity index (χ0n) is 24.0. The molecule has 5 rings (SSSR count). The summed E-state index contributed by atoms with van der Waals surface area (Å²) < 4.78 is 16.2. The molecule has 1 heterocycles. The minimum atomic E-state index is -2.09. The van der Waals surface area contributed by atoms with Crippen LogP contribution in [0.4, 0.5) is 11.4 Å². The van der Waals surface area contributed by atoms with Gasteiger partial charge in [-0.1, -0.05) is 19.6 Å². The van der Waals surface area contributed by atoms with Crippen LogP contribution in [0.25, 0.3) is 0 Å². The van der Waals surface area contributed by atoms with E-state index >= 15 is 0 Å². The molecule has 0 spiro atoms. The van der Waals surface area contributed by atoms with Crippen LogP contribution in [0.5, 0.6) is 0 Å². The van der Waals surface area contributed by atoms with E-state index in [4.69, 9.17) is 19.3 Å². The number of nitro benzene ring substituents is 2. The van der Waals surface area contributed by atoms with Crippen molar-refractivity contribution in [2.75, 3.05) is 0 Å². The Morgan fingerprint density at radius 2 is 1.31 bits per heavy atom. The quantitative estimate of drug-likeness (QED) is 0.0854. The van der Waals surface area contributed by atoms with Crippen LogP contribution in [-0.4, -0.2) is 77.8 Å². The van der Waals surface area contributed by atoms with Gasteiger partial charge in [-0.2, -0.15) is 0 Å². The molecule has 2 aromatic rings. The number of halogens is 3. The Morgan fingerprint density at radius 3 is 1.73 bits per heavy atom. The van der Waals surface area contributed by atoms with Crippen LogP contribution in [-0.2, 0) is 41.9 Å². The van der Waals surface area contributed by atoms with E-state index in [1.807, 2.05) is 0 Å². The summed E-state index contributed by atoms with van der Waals surface area (Å²) in [6.45, 7) is 0.328. The standard InChI is InChI=1S/C14H15NO7.C14H13NO6.CH4.3HI.V/c16-11-7-14(19,13(17)18)6-5-12(11)22-8-9-1-3-10(4-2-9)15(20)21;16-13-14(17)6-5-11(12(7-14)21-13)20-8-9-1-3-10(4-2-9)15(18)19;;;;;/h1-6,11-12,16,19H,7-8H2,(H,17,18);1-6,11-12,17H,7-8H2;1H4;3*1H;/q;;;;;;+3/p-3/t2*11-,12-,14+;;;;;/m11...../s1. The molecule has 6 atom stereocenters. The maximum atomic E-state index is 11.5.